The third-order valence-electron chi connectivity index (χ3n) is 6.57. The quantitative estimate of drug-likeness (QED) is 0.305. The average Bonchev–Trinajstić information content (AvgIpc) is 3.31. The summed E-state index contributed by atoms with van der Waals surface area (Å²) >= 11 is 0. The molecule has 0 spiro atoms. The van der Waals surface area contributed by atoms with Crippen molar-refractivity contribution in [2.45, 2.75) is 45.8 Å². The van der Waals surface area contributed by atoms with E-state index in [1.807, 2.05) is 47.7 Å². The number of H-pyrrole nitrogens is 1. The second-order valence-corrected chi connectivity index (χ2v) is 10.1. The maximum absolute atomic E-state index is 13.5. The van der Waals surface area contributed by atoms with Gasteiger partial charge in [-0.1, -0.05) is 26.0 Å². The summed E-state index contributed by atoms with van der Waals surface area (Å²) in [7, 11) is 2.32. The number of ether oxygens (including phenoxy) is 1. The fourth-order valence-corrected chi connectivity index (χ4v) is 5.09. The number of nitrogens with one attached hydrogen (secondary N) is 2. The maximum Gasteiger partial charge on any atom is 0.268 e. The number of rotatable bonds is 9. The van der Waals surface area contributed by atoms with E-state index in [1.165, 1.54) is 0 Å². The number of aromatic amines is 1. The number of carbonyl (C=O) groups excluding carboxylic acids is 1. The molecule has 8 heteroatoms. The van der Waals surface area contributed by atoms with Gasteiger partial charge in [0, 0.05) is 23.7 Å². The molecule has 1 aromatic carbocycles. The highest BCUT2D eigenvalue weighted by Crippen LogP contribution is 2.29. The molecule has 36 heavy (non-hydrogen) atoms. The molecular weight excluding hydrogens is 471 g/mol. The van der Waals surface area contributed by atoms with Crippen LogP contribution < -0.4 is 15.6 Å². The van der Waals surface area contributed by atoms with Crippen LogP contribution in [-0.4, -0.2) is 34.1 Å². The second kappa shape index (κ2) is 11.1. The number of amides is 1. The van der Waals surface area contributed by atoms with Crippen LogP contribution in [-0.2, 0) is 12.7 Å². The zero-order valence-electron chi connectivity index (χ0n) is 21.4. The lowest BCUT2D eigenvalue weighted by atomic mass is 10.0. The Kier molecular flexibility index (Phi) is 7.90. The summed E-state index contributed by atoms with van der Waals surface area (Å²) in [6, 6.07) is 13.7. The lowest BCUT2D eigenvalue weighted by Crippen LogP contribution is -2.29. The molecule has 4 rings (SSSR count). The Hall–Kier alpha value is -3.44. The molecule has 7 nitrogen and oxygen atoms in total. The lowest BCUT2D eigenvalue weighted by Gasteiger charge is -2.14. The van der Waals surface area contributed by atoms with Gasteiger partial charge in [-0.05, 0) is 73.2 Å². The van der Waals surface area contributed by atoms with E-state index in [4.69, 9.17) is 4.74 Å². The van der Waals surface area contributed by atoms with Gasteiger partial charge in [-0.2, -0.15) is 0 Å². The van der Waals surface area contributed by atoms with E-state index in [9.17, 15) is 9.59 Å². The molecule has 0 aliphatic rings. The molecule has 1 amide bonds. The molecule has 2 atom stereocenters. The van der Waals surface area contributed by atoms with Gasteiger partial charge in [0.2, 0.25) is 0 Å². The van der Waals surface area contributed by atoms with E-state index >= 15 is 0 Å². The van der Waals surface area contributed by atoms with Gasteiger partial charge in [-0.3, -0.25) is 14.0 Å². The first-order chi connectivity index (χ1) is 17.4. The Morgan fingerprint density at radius 2 is 1.94 bits per heavy atom. The van der Waals surface area contributed by atoms with Crippen LogP contribution in [0.2, 0.25) is 0 Å². The average molecular weight is 505 g/mol. The van der Waals surface area contributed by atoms with E-state index in [0.29, 0.717) is 19.8 Å². The summed E-state index contributed by atoms with van der Waals surface area (Å²) in [6.07, 6.45) is 3.47. The smallest absolute Gasteiger partial charge is 0.268 e. The predicted molar refractivity (Wildman–Crippen MR) is 147 cm³/mol. The highest BCUT2D eigenvalue weighted by atomic mass is 31.1. The first-order valence-corrected chi connectivity index (χ1v) is 13.9. The van der Waals surface area contributed by atoms with E-state index in [0.717, 1.165) is 51.9 Å². The monoisotopic (exact) mass is 504 g/mol. The largest absolute Gasteiger partial charge is 0.497 e. The molecule has 0 radical (unpaired) electrons. The number of fused-ring (bicyclic) bond motifs is 1. The van der Waals surface area contributed by atoms with E-state index < -0.39 is 0 Å². The number of hydrogen-bond acceptors (Lipinski definition) is 4. The normalized spacial score (nSPS) is 12.4. The summed E-state index contributed by atoms with van der Waals surface area (Å²) in [5.74, 6) is 0.767. The van der Waals surface area contributed by atoms with E-state index in [-0.39, 0.29) is 23.9 Å². The zero-order valence-corrected chi connectivity index (χ0v) is 22.4. The highest BCUT2D eigenvalue weighted by Gasteiger charge is 2.19. The molecule has 3 aromatic heterocycles. The number of carbonyl (C=O) groups is 1. The molecule has 4 aromatic rings. The molecule has 0 fully saturated rings. The van der Waals surface area contributed by atoms with E-state index in [2.05, 4.69) is 41.9 Å². The van der Waals surface area contributed by atoms with Crippen LogP contribution >= 0.6 is 8.58 Å². The molecule has 0 saturated heterocycles. The van der Waals surface area contributed by atoms with Crippen LogP contribution in [0.15, 0.2) is 53.6 Å². The van der Waals surface area contributed by atoms with Crippen LogP contribution in [0.4, 0.5) is 0 Å². The molecule has 2 N–H and O–H groups in total. The van der Waals surface area contributed by atoms with Crippen molar-refractivity contribution in [3.63, 3.8) is 0 Å². The van der Waals surface area contributed by atoms with Crippen LogP contribution in [0, 0.1) is 6.92 Å². The fraction of sp³-hybridized carbons (Fsp3) is 0.321. The third kappa shape index (κ3) is 5.21. The predicted octanol–water partition coefficient (Wildman–Crippen LogP) is 5.26. The zero-order chi connectivity index (χ0) is 25.8. The number of hydrogen-bond donors (Lipinski definition) is 2. The van der Waals surface area contributed by atoms with Crippen LogP contribution in [0.3, 0.4) is 0 Å². The van der Waals surface area contributed by atoms with Gasteiger partial charge >= 0.3 is 0 Å². The Bertz CT molecular complexity index is 1440. The minimum atomic E-state index is -0.256. The Labute approximate surface area is 213 Å². The number of imidazole rings is 1. The first-order valence-electron chi connectivity index (χ1n) is 12.2. The fourth-order valence-electron chi connectivity index (χ4n) is 4.40. The van der Waals surface area contributed by atoms with Crippen molar-refractivity contribution < 1.29 is 9.53 Å². The first kappa shape index (κ1) is 25.6. The standard InChI is InChI=1S/C28H33N4O3P/c1-6-17(2)26-24-12-20(19-7-9-22(35-4)10-8-19)13-25(32(24)16-30-26)28(34)29-14-23-21(15-36-5)11-18(3)31-27(23)33/h7-13,16-17,36H,6,14-15H2,1-5H3,(H,29,34)(H,31,33). The minimum Gasteiger partial charge on any atom is -0.497 e. The van der Waals surface area contributed by atoms with Gasteiger partial charge in [0.1, 0.15) is 17.8 Å². The third-order valence-corrected chi connectivity index (χ3v) is 7.30. The topological polar surface area (TPSA) is 88.5 Å². The summed E-state index contributed by atoms with van der Waals surface area (Å²) in [5, 5.41) is 2.99. The molecule has 2 unspecified atom stereocenters. The SMILES string of the molecule is CCC(C)c1ncn2c(C(=O)NCc3c(CPC)cc(C)[nH]c3=O)cc(-c3ccc(OC)cc3)cc12. The second-order valence-electron chi connectivity index (χ2n) is 9.05. The van der Waals surface area contributed by atoms with Gasteiger partial charge in [0.05, 0.1) is 18.3 Å². The van der Waals surface area contributed by atoms with Gasteiger partial charge in [-0.15, -0.1) is 8.58 Å². The Morgan fingerprint density at radius 3 is 2.61 bits per heavy atom. The van der Waals surface area contributed by atoms with Crippen LogP contribution in [0.5, 0.6) is 5.75 Å². The van der Waals surface area contributed by atoms with E-state index in [1.54, 1.807) is 13.4 Å². The van der Waals surface area contributed by atoms with Gasteiger partial charge in [-0.25, -0.2) is 4.98 Å². The van der Waals surface area contributed by atoms with Crippen molar-refractivity contribution in [3.05, 3.63) is 87.4 Å². The maximum atomic E-state index is 13.5. The van der Waals surface area contributed by atoms with Crippen LogP contribution in [0.1, 0.15) is 59.2 Å². The van der Waals surface area contributed by atoms with Crippen molar-refractivity contribution in [2.75, 3.05) is 13.8 Å². The molecule has 0 aliphatic heterocycles. The van der Waals surface area contributed by atoms with Crippen molar-refractivity contribution in [3.8, 4) is 16.9 Å². The van der Waals surface area contributed by atoms with Crippen molar-refractivity contribution >= 4 is 20.0 Å². The van der Waals surface area contributed by atoms with Gasteiger partial charge in [0.15, 0.2) is 0 Å². The van der Waals surface area contributed by atoms with Crippen molar-refractivity contribution in [2.24, 2.45) is 0 Å². The van der Waals surface area contributed by atoms with Crippen molar-refractivity contribution in [1.29, 1.82) is 0 Å². The van der Waals surface area contributed by atoms with Crippen molar-refractivity contribution in [1.82, 2.24) is 19.7 Å². The molecule has 0 saturated carbocycles. The lowest BCUT2D eigenvalue weighted by molar-refractivity contribution is 0.0944. The summed E-state index contributed by atoms with van der Waals surface area (Å²) < 4.78 is 7.15. The molecule has 188 valence electrons. The molecule has 0 aliphatic carbocycles. The Morgan fingerprint density at radius 1 is 1.19 bits per heavy atom. The number of methoxy groups -OCH3 is 1. The number of benzene rings is 1. The molecular formula is C28H33N4O3P. The minimum absolute atomic E-state index is 0.151. The van der Waals surface area contributed by atoms with Gasteiger partial charge in [0.25, 0.3) is 11.5 Å². The summed E-state index contributed by atoms with van der Waals surface area (Å²) in [6.45, 7) is 8.41. The number of aryl methyl sites for hydroxylation is 1. The van der Waals surface area contributed by atoms with Crippen LogP contribution in [0.25, 0.3) is 16.6 Å². The number of aromatic nitrogens is 3. The number of nitrogens with zero attached hydrogens (tertiary/aromatic N) is 2. The highest BCUT2D eigenvalue weighted by molar-refractivity contribution is 7.36. The molecule has 0 bridgehead atoms. The van der Waals surface area contributed by atoms with Gasteiger partial charge < -0.3 is 15.0 Å². The molecule has 3 heterocycles. The number of pyridine rings is 2. The Balaban J connectivity index is 1.75. The summed E-state index contributed by atoms with van der Waals surface area (Å²) in [4.78, 5) is 33.7. The summed E-state index contributed by atoms with van der Waals surface area (Å²) in [5.41, 5.74) is 6.50.